The summed E-state index contributed by atoms with van der Waals surface area (Å²) >= 11 is 0. The zero-order valence-electron chi connectivity index (χ0n) is 10.6. The molecule has 0 fully saturated rings. The van der Waals surface area contributed by atoms with E-state index in [1.54, 1.807) is 20.8 Å². The summed E-state index contributed by atoms with van der Waals surface area (Å²) in [5, 5.41) is 8.97. The lowest BCUT2D eigenvalue weighted by atomic mass is 10.2. The van der Waals surface area contributed by atoms with Gasteiger partial charge in [0.2, 0.25) is 10.0 Å². The van der Waals surface area contributed by atoms with E-state index in [0.717, 1.165) is 0 Å². The first kappa shape index (κ1) is 14.5. The van der Waals surface area contributed by atoms with Crippen LogP contribution in [-0.2, 0) is 10.0 Å². The molecule has 0 spiro atoms. The summed E-state index contributed by atoms with van der Waals surface area (Å²) in [6, 6.07) is 5.97. The van der Waals surface area contributed by atoms with Crippen molar-refractivity contribution in [1.82, 2.24) is 4.72 Å². The van der Waals surface area contributed by atoms with Gasteiger partial charge in [-0.1, -0.05) is 0 Å². The van der Waals surface area contributed by atoms with Gasteiger partial charge < -0.3 is 4.74 Å². The lowest BCUT2D eigenvalue weighted by molar-refractivity contribution is 0.339. The number of nitrogens with zero attached hydrogens (tertiary/aromatic N) is 1. The van der Waals surface area contributed by atoms with E-state index in [1.807, 2.05) is 6.07 Å². The number of ether oxygens (including phenoxy) is 1. The highest BCUT2D eigenvalue weighted by Gasteiger charge is 2.17. The van der Waals surface area contributed by atoms with Crippen molar-refractivity contribution in [2.75, 3.05) is 6.61 Å². The molecule has 0 aliphatic rings. The van der Waals surface area contributed by atoms with Crippen LogP contribution in [0.1, 0.15) is 26.3 Å². The minimum absolute atomic E-state index is 0.0659. The Morgan fingerprint density at radius 3 is 2.61 bits per heavy atom. The summed E-state index contributed by atoms with van der Waals surface area (Å²) in [5.74, 6) is 0.392. The van der Waals surface area contributed by atoms with Crippen molar-refractivity contribution >= 4 is 10.0 Å². The van der Waals surface area contributed by atoms with Gasteiger partial charge in [0.15, 0.2) is 0 Å². The van der Waals surface area contributed by atoms with Gasteiger partial charge in [0.1, 0.15) is 11.8 Å². The monoisotopic (exact) mass is 268 g/mol. The molecule has 0 saturated heterocycles. The lowest BCUT2D eigenvalue weighted by Gasteiger charge is -2.11. The molecule has 0 atom stereocenters. The smallest absolute Gasteiger partial charge is 0.240 e. The van der Waals surface area contributed by atoms with Crippen molar-refractivity contribution < 1.29 is 13.2 Å². The molecule has 1 aromatic rings. The number of benzene rings is 1. The molecule has 0 amide bonds. The van der Waals surface area contributed by atoms with E-state index < -0.39 is 10.0 Å². The van der Waals surface area contributed by atoms with Crippen LogP contribution in [0.15, 0.2) is 23.1 Å². The van der Waals surface area contributed by atoms with Crippen LogP contribution in [0.5, 0.6) is 5.75 Å². The van der Waals surface area contributed by atoms with Crippen molar-refractivity contribution in [3.63, 3.8) is 0 Å². The Kier molecular flexibility index (Phi) is 4.70. The SMILES string of the molecule is CCOc1ccc(S(=O)(=O)NC(C)C)cc1C#N. The first-order valence-electron chi connectivity index (χ1n) is 5.60. The second-order valence-corrected chi connectivity index (χ2v) is 5.69. The number of hydrogen-bond acceptors (Lipinski definition) is 4. The summed E-state index contributed by atoms with van der Waals surface area (Å²) in [6.45, 7) is 5.69. The molecule has 18 heavy (non-hydrogen) atoms. The van der Waals surface area contributed by atoms with E-state index in [4.69, 9.17) is 10.00 Å². The van der Waals surface area contributed by atoms with E-state index in [1.165, 1.54) is 18.2 Å². The second-order valence-electron chi connectivity index (χ2n) is 3.98. The van der Waals surface area contributed by atoms with Crippen molar-refractivity contribution in [3.8, 4) is 11.8 Å². The van der Waals surface area contributed by atoms with Crippen LogP contribution in [0.2, 0.25) is 0 Å². The molecule has 0 aromatic heterocycles. The molecule has 98 valence electrons. The summed E-state index contributed by atoms with van der Waals surface area (Å²) in [4.78, 5) is 0.0659. The molecule has 0 heterocycles. The van der Waals surface area contributed by atoms with Crippen LogP contribution < -0.4 is 9.46 Å². The Balaban J connectivity index is 3.18. The zero-order valence-corrected chi connectivity index (χ0v) is 11.4. The quantitative estimate of drug-likeness (QED) is 0.880. The van der Waals surface area contributed by atoms with Crippen molar-refractivity contribution in [1.29, 1.82) is 5.26 Å². The largest absolute Gasteiger partial charge is 0.492 e. The molecule has 0 radical (unpaired) electrons. The Labute approximate surface area is 107 Å². The van der Waals surface area contributed by atoms with E-state index in [9.17, 15) is 8.42 Å². The third kappa shape index (κ3) is 3.45. The van der Waals surface area contributed by atoms with E-state index in [2.05, 4.69) is 4.72 Å². The fourth-order valence-electron chi connectivity index (χ4n) is 1.42. The molecular weight excluding hydrogens is 252 g/mol. The van der Waals surface area contributed by atoms with Gasteiger partial charge in [0, 0.05) is 6.04 Å². The van der Waals surface area contributed by atoms with Crippen molar-refractivity contribution in [3.05, 3.63) is 23.8 Å². The summed E-state index contributed by atoms with van der Waals surface area (Å²) in [7, 11) is -3.58. The van der Waals surface area contributed by atoms with E-state index in [0.29, 0.717) is 12.4 Å². The highest BCUT2D eigenvalue weighted by Crippen LogP contribution is 2.22. The van der Waals surface area contributed by atoms with Crippen LogP contribution in [-0.4, -0.2) is 21.1 Å². The molecule has 6 heteroatoms. The number of rotatable bonds is 5. The average Bonchev–Trinajstić information content (AvgIpc) is 2.28. The van der Waals surface area contributed by atoms with Crippen LogP contribution in [0.4, 0.5) is 0 Å². The lowest BCUT2D eigenvalue weighted by Crippen LogP contribution is -2.30. The molecule has 0 aliphatic carbocycles. The Morgan fingerprint density at radius 1 is 1.44 bits per heavy atom. The predicted molar refractivity (Wildman–Crippen MR) is 67.8 cm³/mol. The maximum Gasteiger partial charge on any atom is 0.240 e. The summed E-state index contributed by atoms with van der Waals surface area (Å²) in [5.41, 5.74) is 0.212. The molecule has 0 saturated carbocycles. The molecule has 0 aliphatic heterocycles. The van der Waals surface area contributed by atoms with Gasteiger partial charge in [0.25, 0.3) is 0 Å². The second kappa shape index (κ2) is 5.85. The Hall–Kier alpha value is -1.58. The highest BCUT2D eigenvalue weighted by atomic mass is 32.2. The van der Waals surface area contributed by atoms with Crippen LogP contribution in [0.25, 0.3) is 0 Å². The van der Waals surface area contributed by atoms with Gasteiger partial charge in [-0.05, 0) is 39.0 Å². The van der Waals surface area contributed by atoms with Gasteiger partial charge in [-0.2, -0.15) is 5.26 Å². The first-order valence-corrected chi connectivity index (χ1v) is 7.08. The summed E-state index contributed by atoms with van der Waals surface area (Å²) in [6.07, 6.45) is 0. The first-order chi connectivity index (χ1) is 8.40. The van der Waals surface area contributed by atoms with Crippen LogP contribution in [0, 0.1) is 11.3 Å². The Morgan fingerprint density at radius 2 is 2.11 bits per heavy atom. The number of hydrogen-bond donors (Lipinski definition) is 1. The molecule has 1 aromatic carbocycles. The summed E-state index contributed by atoms with van der Waals surface area (Å²) < 4.78 is 31.5. The minimum atomic E-state index is -3.58. The van der Waals surface area contributed by atoms with Gasteiger partial charge in [-0.3, -0.25) is 0 Å². The normalized spacial score (nSPS) is 11.3. The van der Waals surface area contributed by atoms with Gasteiger partial charge in [0.05, 0.1) is 17.1 Å². The maximum atomic E-state index is 11.9. The number of nitriles is 1. The average molecular weight is 268 g/mol. The van der Waals surface area contributed by atoms with Gasteiger partial charge in [-0.25, -0.2) is 13.1 Å². The minimum Gasteiger partial charge on any atom is -0.492 e. The Bertz CT molecular complexity index is 559. The van der Waals surface area contributed by atoms with Crippen LogP contribution in [0.3, 0.4) is 0 Å². The fourth-order valence-corrected chi connectivity index (χ4v) is 2.70. The molecule has 0 bridgehead atoms. The number of sulfonamides is 1. The number of nitrogens with one attached hydrogen (secondary N) is 1. The van der Waals surface area contributed by atoms with Crippen LogP contribution >= 0.6 is 0 Å². The van der Waals surface area contributed by atoms with Crippen molar-refractivity contribution in [2.45, 2.75) is 31.7 Å². The molecule has 1 rings (SSSR count). The standard InChI is InChI=1S/C12H16N2O3S/c1-4-17-12-6-5-11(7-10(12)8-13)18(15,16)14-9(2)3/h5-7,9,14H,4H2,1-3H3. The zero-order chi connectivity index (χ0) is 13.8. The molecule has 5 nitrogen and oxygen atoms in total. The van der Waals surface area contributed by atoms with E-state index in [-0.39, 0.29) is 16.5 Å². The molecule has 1 N–H and O–H groups in total. The predicted octanol–water partition coefficient (Wildman–Crippen LogP) is 1.64. The maximum absolute atomic E-state index is 11.9. The molecular formula is C12H16N2O3S. The van der Waals surface area contributed by atoms with Gasteiger partial charge in [-0.15, -0.1) is 0 Å². The fraction of sp³-hybridized carbons (Fsp3) is 0.417. The third-order valence-electron chi connectivity index (χ3n) is 2.07. The highest BCUT2D eigenvalue weighted by molar-refractivity contribution is 7.89. The molecule has 0 unspecified atom stereocenters. The van der Waals surface area contributed by atoms with E-state index >= 15 is 0 Å². The third-order valence-corrected chi connectivity index (χ3v) is 3.73. The van der Waals surface area contributed by atoms with Crippen molar-refractivity contribution in [2.24, 2.45) is 0 Å². The van der Waals surface area contributed by atoms with Gasteiger partial charge >= 0.3 is 0 Å². The topological polar surface area (TPSA) is 79.2 Å².